The third-order valence-corrected chi connectivity index (χ3v) is 3.60. The average molecular weight is 278 g/mol. The highest BCUT2D eigenvalue weighted by Gasteiger charge is 2.08. The van der Waals surface area contributed by atoms with Gasteiger partial charge in [0.05, 0.1) is 12.6 Å². The minimum atomic E-state index is 0.862. The number of imidazole rings is 2. The van der Waals surface area contributed by atoms with Crippen molar-refractivity contribution in [3.8, 4) is 11.4 Å². The molecule has 4 aromatic rings. The Balaban J connectivity index is 1.64. The number of fused-ring (bicyclic) bond motifs is 1. The predicted molar refractivity (Wildman–Crippen MR) is 79.7 cm³/mol. The topological polar surface area (TPSA) is 59.6 Å². The first-order valence-corrected chi connectivity index (χ1v) is 6.86. The van der Waals surface area contributed by atoms with E-state index in [0.717, 1.165) is 41.0 Å². The van der Waals surface area contributed by atoms with Crippen LogP contribution in [0.5, 0.6) is 0 Å². The lowest BCUT2D eigenvalue weighted by atomic mass is 10.1. The van der Waals surface area contributed by atoms with Gasteiger partial charge in [-0.3, -0.25) is 0 Å². The molecule has 0 saturated heterocycles. The largest absolute Gasteiger partial charge is 0.464 e. The number of aromatic nitrogens is 4. The van der Waals surface area contributed by atoms with Gasteiger partial charge in [0.2, 0.25) is 0 Å². The molecule has 0 bridgehead atoms. The van der Waals surface area contributed by atoms with Crippen molar-refractivity contribution >= 4 is 11.0 Å². The molecule has 0 fully saturated rings. The summed E-state index contributed by atoms with van der Waals surface area (Å²) in [6, 6.07) is 8.10. The third kappa shape index (κ3) is 2.23. The summed E-state index contributed by atoms with van der Waals surface area (Å²) in [5.74, 6) is 0.970. The van der Waals surface area contributed by atoms with E-state index in [0.29, 0.717) is 0 Å². The van der Waals surface area contributed by atoms with E-state index in [1.165, 1.54) is 0 Å². The number of aromatic amines is 1. The Labute approximate surface area is 121 Å². The van der Waals surface area contributed by atoms with Crippen LogP contribution in [-0.4, -0.2) is 19.5 Å². The standard InChI is InChI=1S/C16H14N4O/c1-2-15-12(4-8-21-15)9-13(1)16-18-5-7-20(16)6-3-14-10-17-11-19-14/h1-2,4-5,7-11H,3,6H2,(H,17,19). The first kappa shape index (κ1) is 12.0. The first-order valence-electron chi connectivity index (χ1n) is 6.86. The fourth-order valence-electron chi connectivity index (χ4n) is 2.52. The molecule has 0 aliphatic carbocycles. The summed E-state index contributed by atoms with van der Waals surface area (Å²) in [7, 11) is 0. The Morgan fingerprint density at radius 3 is 3.14 bits per heavy atom. The van der Waals surface area contributed by atoms with Crippen LogP contribution in [0.2, 0.25) is 0 Å². The molecule has 5 heteroatoms. The predicted octanol–water partition coefficient (Wildman–Crippen LogP) is 3.26. The fraction of sp³-hybridized carbons (Fsp3) is 0.125. The number of aryl methyl sites for hydroxylation is 2. The molecule has 0 radical (unpaired) electrons. The quantitative estimate of drug-likeness (QED) is 0.623. The molecule has 0 amide bonds. The molecule has 3 aromatic heterocycles. The van der Waals surface area contributed by atoms with Gasteiger partial charge in [0.15, 0.2) is 0 Å². The molecule has 0 aliphatic heterocycles. The summed E-state index contributed by atoms with van der Waals surface area (Å²) in [5.41, 5.74) is 3.12. The normalized spacial score (nSPS) is 11.2. The minimum Gasteiger partial charge on any atom is -0.464 e. The van der Waals surface area contributed by atoms with E-state index in [4.69, 9.17) is 4.42 Å². The summed E-state index contributed by atoms with van der Waals surface area (Å²) in [6.07, 6.45) is 10.0. The van der Waals surface area contributed by atoms with Crippen molar-refractivity contribution in [3.63, 3.8) is 0 Å². The van der Waals surface area contributed by atoms with Crippen molar-refractivity contribution < 1.29 is 4.42 Å². The van der Waals surface area contributed by atoms with E-state index in [1.54, 1.807) is 12.6 Å². The van der Waals surface area contributed by atoms with Crippen molar-refractivity contribution in [3.05, 3.63) is 61.1 Å². The summed E-state index contributed by atoms with van der Waals surface area (Å²) in [4.78, 5) is 11.6. The second kappa shape index (κ2) is 4.94. The SMILES string of the molecule is c1cn(CCc2cnc[nH]2)c(-c2ccc3occc3c2)n1. The average Bonchev–Trinajstić information content (AvgIpc) is 3.24. The van der Waals surface area contributed by atoms with Gasteiger partial charge in [-0.05, 0) is 24.3 Å². The number of nitrogens with zero attached hydrogens (tertiary/aromatic N) is 3. The third-order valence-electron chi connectivity index (χ3n) is 3.60. The van der Waals surface area contributed by atoms with Crippen molar-refractivity contribution in [1.82, 2.24) is 19.5 Å². The summed E-state index contributed by atoms with van der Waals surface area (Å²) < 4.78 is 7.53. The maximum atomic E-state index is 5.38. The number of rotatable bonds is 4. The van der Waals surface area contributed by atoms with Crippen LogP contribution in [0.3, 0.4) is 0 Å². The van der Waals surface area contributed by atoms with Crippen LogP contribution in [0.4, 0.5) is 0 Å². The monoisotopic (exact) mass is 278 g/mol. The molecular weight excluding hydrogens is 264 g/mol. The van der Waals surface area contributed by atoms with Gasteiger partial charge < -0.3 is 14.0 Å². The van der Waals surface area contributed by atoms with E-state index in [9.17, 15) is 0 Å². The Morgan fingerprint density at radius 1 is 1.24 bits per heavy atom. The van der Waals surface area contributed by atoms with Crippen LogP contribution >= 0.6 is 0 Å². The van der Waals surface area contributed by atoms with Crippen LogP contribution < -0.4 is 0 Å². The maximum Gasteiger partial charge on any atom is 0.139 e. The molecule has 0 unspecified atom stereocenters. The minimum absolute atomic E-state index is 0.862. The lowest BCUT2D eigenvalue weighted by Crippen LogP contribution is -2.02. The van der Waals surface area contributed by atoms with Gasteiger partial charge in [-0.2, -0.15) is 0 Å². The molecule has 1 N–H and O–H groups in total. The van der Waals surface area contributed by atoms with E-state index >= 15 is 0 Å². The number of nitrogens with one attached hydrogen (secondary N) is 1. The number of furan rings is 1. The molecular formula is C16H14N4O. The van der Waals surface area contributed by atoms with Gasteiger partial charge in [-0.1, -0.05) is 0 Å². The number of hydrogen-bond donors (Lipinski definition) is 1. The first-order chi connectivity index (χ1) is 10.4. The molecule has 0 atom stereocenters. The van der Waals surface area contributed by atoms with Gasteiger partial charge in [-0.25, -0.2) is 9.97 Å². The zero-order valence-corrected chi connectivity index (χ0v) is 11.4. The van der Waals surface area contributed by atoms with Gasteiger partial charge in [0.25, 0.3) is 0 Å². The van der Waals surface area contributed by atoms with Gasteiger partial charge in [0.1, 0.15) is 11.4 Å². The smallest absolute Gasteiger partial charge is 0.139 e. The highest BCUT2D eigenvalue weighted by molar-refractivity contribution is 5.82. The maximum absolute atomic E-state index is 5.38. The Kier molecular flexibility index (Phi) is 2.81. The molecule has 0 aliphatic rings. The van der Waals surface area contributed by atoms with E-state index in [2.05, 4.69) is 25.6 Å². The number of H-pyrrole nitrogens is 1. The van der Waals surface area contributed by atoms with Crippen molar-refractivity contribution in [1.29, 1.82) is 0 Å². The van der Waals surface area contributed by atoms with E-state index in [-0.39, 0.29) is 0 Å². The van der Waals surface area contributed by atoms with Gasteiger partial charge >= 0.3 is 0 Å². The molecule has 21 heavy (non-hydrogen) atoms. The summed E-state index contributed by atoms with van der Waals surface area (Å²) in [5, 5.41) is 1.09. The zero-order valence-electron chi connectivity index (χ0n) is 11.4. The molecule has 1 aromatic carbocycles. The molecule has 0 spiro atoms. The van der Waals surface area contributed by atoms with Crippen LogP contribution in [-0.2, 0) is 13.0 Å². The molecule has 3 heterocycles. The Hall–Kier alpha value is -2.82. The zero-order chi connectivity index (χ0) is 14.1. The van der Waals surface area contributed by atoms with E-state index < -0.39 is 0 Å². The van der Waals surface area contributed by atoms with Crippen LogP contribution in [0.1, 0.15) is 5.69 Å². The van der Waals surface area contributed by atoms with Crippen molar-refractivity contribution in [2.75, 3.05) is 0 Å². The number of hydrogen-bond acceptors (Lipinski definition) is 3. The Bertz CT molecular complexity index is 857. The van der Waals surface area contributed by atoms with Gasteiger partial charge in [0, 0.05) is 48.2 Å². The number of benzene rings is 1. The highest BCUT2D eigenvalue weighted by atomic mass is 16.3. The van der Waals surface area contributed by atoms with Crippen molar-refractivity contribution in [2.45, 2.75) is 13.0 Å². The second-order valence-electron chi connectivity index (χ2n) is 4.94. The van der Waals surface area contributed by atoms with Crippen LogP contribution in [0, 0.1) is 0 Å². The molecule has 5 nitrogen and oxygen atoms in total. The summed E-state index contributed by atoms with van der Waals surface area (Å²) >= 11 is 0. The van der Waals surface area contributed by atoms with Crippen LogP contribution in [0.25, 0.3) is 22.4 Å². The fourth-order valence-corrected chi connectivity index (χ4v) is 2.52. The highest BCUT2D eigenvalue weighted by Crippen LogP contribution is 2.24. The lowest BCUT2D eigenvalue weighted by molar-refractivity contribution is 0.616. The lowest BCUT2D eigenvalue weighted by Gasteiger charge is -2.07. The molecule has 0 saturated carbocycles. The van der Waals surface area contributed by atoms with E-state index in [1.807, 2.05) is 36.8 Å². The Morgan fingerprint density at radius 2 is 2.24 bits per heavy atom. The molecule has 104 valence electrons. The van der Waals surface area contributed by atoms with Gasteiger partial charge in [-0.15, -0.1) is 0 Å². The van der Waals surface area contributed by atoms with Crippen LogP contribution in [0.15, 0.2) is 59.9 Å². The molecule has 4 rings (SSSR count). The summed E-state index contributed by atoms with van der Waals surface area (Å²) in [6.45, 7) is 0.862. The van der Waals surface area contributed by atoms with Crippen molar-refractivity contribution in [2.24, 2.45) is 0 Å². The second-order valence-corrected chi connectivity index (χ2v) is 4.94.